The molecule has 0 spiro atoms. The Labute approximate surface area is 173 Å². The van der Waals surface area contributed by atoms with Crippen molar-refractivity contribution in [1.29, 1.82) is 10.5 Å². The fourth-order valence-corrected chi connectivity index (χ4v) is 4.74. The van der Waals surface area contributed by atoms with Gasteiger partial charge in [0.1, 0.15) is 11.9 Å². The SMILES string of the molecule is CNC1CCC(C2=C(C#N)C(c3cccc(C#N)c3Br)/C(=C/N)C(N)=N2)CC1. The Kier molecular flexibility index (Phi) is 6.18. The molecule has 1 heterocycles. The Morgan fingerprint density at radius 3 is 2.50 bits per heavy atom. The molecule has 5 N–H and O–H groups in total. The van der Waals surface area contributed by atoms with E-state index in [2.05, 4.69) is 38.4 Å². The van der Waals surface area contributed by atoms with Crippen LogP contribution in [0.3, 0.4) is 0 Å². The summed E-state index contributed by atoms with van der Waals surface area (Å²) in [7, 11) is 1.98. The quantitative estimate of drug-likeness (QED) is 0.667. The molecule has 1 unspecified atom stereocenters. The monoisotopic (exact) mass is 438 g/mol. The minimum absolute atomic E-state index is 0.192. The van der Waals surface area contributed by atoms with Gasteiger partial charge in [0.15, 0.2) is 0 Å². The van der Waals surface area contributed by atoms with E-state index in [-0.39, 0.29) is 5.92 Å². The third kappa shape index (κ3) is 3.56. The van der Waals surface area contributed by atoms with Gasteiger partial charge in [-0.25, -0.2) is 4.99 Å². The Hall–Kier alpha value is -2.61. The van der Waals surface area contributed by atoms with Crippen LogP contribution in [0.2, 0.25) is 0 Å². The van der Waals surface area contributed by atoms with E-state index >= 15 is 0 Å². The second-order valence-corrected chi connectivity index (χ2v) is 7.91. The number of aliphatic imine (C=N–C) groups is 1. The largest absolute Gasteiger partial charge is 0.404 e. The molecule has 1 fully saturated rings. The number of allylic oxidation sites excluding steroid dienone is 2. The van der Waals surface area contributed by atoms with Crippen LogP contribution in [0.15, 0.2) is 50.7 Å². The number of nitriles is 2. The van der Waals surface area contributed by atoms with E-state index in [9.17, 15) is 10.5 Å². The van der Waals surface area contributed by atoms with Gasteiger partial charge in [0.05, 0.1) is 28.8 Å². The molecular weight excluding hydrogens is 416 g/mol. The van der Waals surface area contributed by atoms with Crippen molar-refractivity contribution in [3.05, 3.63) is 56.8 Å². The summed E-state index contributed by atoms with van der Waals surface area (Å²) in [5.74, 6) is 0.0937. The fraction of sp³-hybridized carbons (Fsp3) is 0.381. The molecule has 0 radical (unpaired) electrons. The van der Waals surface area contributed by atoms with Crippen LogP contribution < -0.4 is 16.8 Å². The highest BCUT2D eigenvalue weighted by atomic mass is 79.9. The van der Waals surface area contributed by atoms with E-state index < -0.39 is 5.92 Å². The number of hydrogen-bond acceptors (Lipinski definition) is 6. The molecule has 1 aromatic rings. The third-order valence-electron chi connectivity index (χ3n) is 5.69. The molecule has 144 valence electrons. The maximum absolute atomic E-state index is 10.1. The normalized spacial score (nSPS) is 26.5. The van der Waals surface area contributed by atoms with Crippen molar-refractivity contribution in [3.8, 4) is 12.1 Å². The summed E-state index contributed by atoms with van der Waals surface area (Å²) in [4.78, 5) is 4.61. The van der Waals surface area contributed by atoms with Crippen LogP contribution in [0, 0.1) is 28.6 Å². The molecule has 28 heavy (non-hydrogen) atoms. The second-order valence-electron chi connectivity index (χ2n) is 7.12. The zero-order chi connectivity index (χ0) is 20.3. The number of benzene rings is 1. The molecule has 3 rings (SSSR count). The predicted molar refractivity (Wildman–Crippen MR) is 113 cm³/mol. The van der Waals surface area contributed by atoms with Crippen molar-refractivity contribution in [2.45, 2.75) is 37.6 Å². The molecule has 0 amide bonds. The molecule has 0 bridgehead atoms. The minimum atomic E-state index is -0.438. The molecule has 0 saturated heterocycles. The Morgan fingerprint density at radius 2 is 1.93 bits per heavy atom. The first-order chi connectivity index (χ1) is 13.5. The van der Waals surface area contributed by atoms with Crippen LogP contribution in [-0.4, -0.2) is 18.9 Å². The number of hydrogen-bond donors (Lipinski definition) is 3. The standard InChI is InChI=1S/C21H23BrN6/c1-27-14-7-5-12(6-8-14)20-16(10-24)18(17(11-25)21(26)28-20)15-4-2-3-13(9-23)19(15)22/h2-4,11-12,14,18,27H,5-8,25H2,1H3,(H2,26,28)/b17-11-. The number of nitrogens with one attached hydrogen (secondary N) is 1. The van der Waals surface area contributed by atoms with Crippen molar-refractivity contribution < 1.29 is 0 Å². The lowest BCUT2D eigenvalue weighted by Crippen LogP contribution is -2.33. The maximum atomic E-state index is 10.1. The van der Waals surface area contributed by atoms with Crippen LogP contribution in [-0.2, 0) is 0 Å². The van der Waals surface area contributed by atoms with Gasteiger partial charge in [-0.2, -0.15) is 10.5 Å². The summed E-state index contributed by atoms with van der Waals surface area (Å²) in [6.45, 7) is 0. The molecule has 7 heteroatoms. The van der Waals surface area contributed by atoms with Gasteiger partial charge in [0.25, 0.3) is 0 Å². The summed E-state index contributed by atoms with van der Waals surface area (Å²) in [6.07, 6.45) is 5.40. The first-order valence-corrected chi connectivity index (χ1v) is 10.1. The summed E-state index contributed by atoms with van der Waals surface area (Å²) < 4.78 is 0.655. The van der Waals surface area contributed by atoms with Gasteiger partial charge in [-0.1, -0.05) is 12.1 Å². The van der Waals surface area contributed by atoms with Gasteiger partial charge in [0.2, 0.25) is 0 Å². The van der Waals surface area contributed by atoms with Gasteiger partial charge >= 0.3 is 0 Å². The van der Waals surface area contributed by atoms with Gasteiger partial charge < -0.3 is 16.8 Å². The zero-order valence-electron chi connectivity index (χ0n) is 15.7. The smallest absolute Gasteiger partial charge is 0.129 e. The van der Waals surface area contributed by atoms with E-state index in [0.717, 1.165) is 36.9 Å². The van der Waals surface area contributed by atoms with Gasteiger partial charge in [-0.05, 0) is 60.3 Å². The lowest BCUT2D eigenvalue weighted by Gasteiger charge is -2.33. The number of halogens is 1. The molecule has 1 aliphatic carbocycles. The number of amidine groups is 1. The minimum Gasteiger partial charge on any atom is -0.404 e. The van der Waals surface area contributed by atoms with E-state index in [1.165, 1.54) is 6.20 Å². The molecule has 1 aliphatic heterocycles. The average molecular weight is 439 g/mol. The second kappa shape index (κ2) is 8.60. The summed E-state index contributed by atoms with van der Waals surface area (Å²) in [5.41, 5.74) is 15.4. The predicted octanol–water partition coefficient (Wildman–Crippen LogP) is 3.17. The molecule has 0 aromatic heterocycles. The number of rotatable bonds is 3. The van der Waals surface area contributed by atoms with Crippen molar-refractivity contribution in [1.82, 2.24) is 5.32 Å². The Balaban J connectivity index is 2.13. The Morgan fingerprint density at radius 1 is 1.21 bits per heavy atom. The third-order valence-corrected chi connectivity index (χ3v) is 6.58. The number of nitrogens with zero attached hydrogens (tertiary/aromatic N) is 3. The van der Waals surface area contributed by atoms with Crippen molar-refractivity contribution in [2.24, 2.45) is 22.4 Å². The molecule has 1 saturated carbocycles. The summed E-state index contributed by atoms with van der Waals surface area (Å²) in [5, 5.41) is 22.8. The van der Waals surface area contributed by atoms with E-state index in [0.29, 0.717) is 33.1 Å². The average Bonchev–Trinajstić information content (AvgIpc) is 2.73. The van der Waals surface area contributed by atoms with Crippen molar-refractivity contribution >= 4 is 21.8 Å². The van der Waals surface area contributed by atoms with Crippen LogP contribution in [0.5, 0.6) is 0 Å². The highest BCUT2D eigenvalue weighted by molar-refractivity contribution is 9.10. The molecule has 1 aromatic carbocycles. The highest BCUT2D eigenvalue weighted by Gasteiger charge is 2.36. The number of nitrogens with two attached hydrogens (primary N) is 2. The van der Waals surface area contributed by atoms with E-state index in [1.807, 2.05) is 19.2 Å². The summed E-state index contributed by atoms with van der Waals surface area (Å²) in [6, 6.07) is 10.5. The first kappa shape index (κ1) is 20.1. The van der Waals surface area contributed by atoms with Crippen molar-refractivity contribution in [2.75, 3.05) is 7.05 Å². The molecule has 6 nitrogen and oxygen atoms in total. The summed E-state index contributed by atoms with van der Waals surface area (Å²) >= 11 is 3.53. The lowest BCUT2D eigenvalue weighted by molar-refractivity contribution is 0.328. The van der Waals surface area contributed by atoms with Gasteiger partial charge in [0, 0.05) is 28.2 Å². The van der Waals surface area contributed by atoms with Gasteiger partial charge in [-0.15, -0.1) is 0 Å². The van der Waals surface area contributed by atoms with Crippen molar-refractivity contribution in [3.63, 3.8) is 0 Å². The molecule has 1 atom stereocenters. The zero-order valence-corrected chi connectivity index (χ0v) is 17.3. The Bertz CT molecular complexity index is 939. The first-order valence-electron chi connectivity index (χ1n) is 9.31. The van der Waals surface area contributed by atoms with E-state index in [4.69, 9.17) is 11.5 Å². The molecule has 2 aliphatic rings. The molecular formula is C21H23BrN6. The van der Waals surface area contributed by atoms with Crippen LogP contribution in [0.4, 0.5) is 0 Å². The highest BCUT2D eigenvalue weighted by Crippen LogP contribution is 2.44. The maximum Gasteiger partial charge on any atom is 0.129 e. The lowest BCUT2D eigenvalue weighted by atomic mass is 9.76. The van der Waals surface area contributed by atoms with Crippen LogP contribution in [0.1, 0.15) is 42.7 Å². The van der Waals surface area contributed by atoms with Gasteiger partial charge in [-0.3, -0.25) is 0 Å². The van der Waals surface area contributed by atoms with E-state index in [1.54, 1.807) is 6.07 Å². The van der Waals surface area contributed by atoms with Crippen LogP contribution >= 0.6 is 15.9 Å². The topological polar surface area (TPSA) is 124 Å². The van der Waals surface area contributed by atoms with Crippen LogP contribution in [0.25, 0.3) is 0 Å². The fourth-order valence-electron chi connectivity index (χ4n) is 4.16.